The van der Waals surface area contributed by atoms with Crippen molar-refractivity contribution in [1.29, 1.82) is 0 Å². The summed E-state index contributed by atoms with van der Waals surface area (Å²) in [6.45, 7) is 1.91. The SMILES string of the molecule is Cc1cccn2c(=O)cc(OCC(=O)NCc3ccccc3Cl)nc12. The first-order chi connectivity index (χ1) is 12.0. The second kappa shape index (κ2) is 7.36. The zero-order valence-corrected chi connectivity index (χ0v) is 14.3. The van der Waals surface area contributed by atoms with E-state index >= 15 is 0 Å². The molecule has 0 spiro atoms. The molecule has 7 heteroatoms. The summed E-state index contributed by atoms with van der Waals surface area (Å²) in [7, 11) is 0. The quantitative estimate of drug-likeness (QED) is 0.760. The average Bonchev–Trinajstić information content (AvgIpc) is 2.60. The van der Waals surface area contributed by atoms with Crippen LogP contribution in [0.2, 0.25) is 5.02 Å². The molecule has 0 aliphatic rings. The number of nitrogens with one attached hydrogen (secondary N) is 1. The number of nitrogens with zero attached hydrogens (tertiary/aromatic N) is 2. The maximum absolute atomic E-state index is 12.1. The second-order valence-electron chi connectivity index (χ2n) is 5.47. The van der Waals surface area contributed by atoms with Crippen LogP contribution in [0.1, 0.15) is 11.1 Å². The van der Waals surface area contributed by atoms with Gasteiger partial charge < -0.3 is 10.1 Å². The minimum Gasteiger partial charge on any atom is -0.467 e. The molecule has 0 saturated carbocycles. The highest BCUT2D eigenvalue weighted by Crippen LogP contribution is 2.14. The van der Waals surface area contributed by atoms with Gasteiger partial charge in [0.05, 0.1) is 6.07 Å². The smallest absolute Gasteiger partial charge is 0.261 e. The Balaban J connectivity index is 1.64. The largest absolute Gasteiger partial charge is 0.467 e. The van der Waals surface area contributed by atoms with Crippen molar-refractivity contribution < 1.29 is 9.53 Å². The number of fused-ring (bicyclic) bond motifs is 1. The van der Waals surface area contributed by atoms with Gasteiger partial charge in [-0.05, 0) is 30.2 Å². The zero-order valence-electron chi connectivity index (χ0n) is 13.5. The first-order valence-electron chi connectivity index (χ1n) is 7.66. The van der Waals surface area contributed by atoms with Gasteiger partial charge in [0, 0.05) is 17.8 Å². The molecule has 0 atom stereocenters. The summed E-state index contributed by atoms with van der Waals surface area (Å²) < 4.78 is 6.79. The third kappa shape index (κ3) is 3.97. The molecular formula is C18H16ClN3O3. The Morgan fingerprint density at radius 1 is 1.28 bits per heavy atom. The van der Waals surface area contributed by atoms with Crippen LogP contribution in [0.25, 0.3) is 5.65 Å². The van der Waals surface area contributed by atoms with Crippen molar-refractivity contribution in [3.05, 3.63) is 75.2 Å². The van der Waals surface area contributed by atoms with Gasteiger partial charge in [0.1, 0.15) is 5.65 Å². The van der Waals surface area contributed by atoms with E-state index in [1.165, 1.54) is 10.5 Å². The van der Waals surface area contributed by atoms with Crippen molar-refractivity contribution in [2.45, 2.75) is 13.5 Å². The van der Waals surface area contributed by atoms with Gasteiger partial charge in [0.2, 0.25) is 5.88 Å². The lowest BCUT2D eigenvalue weighted by Gasteiger charge is -2.09. The van der Waals surface area contributed by atoms with E-state index in [1.54, 1.807) is 18.3 Å². The van der Waals surface area contributed by atoms with E-state index in [0.29, 0.717) is 17.2 Å². The van der Waals surface area contributed by atoms with E-state index < -0.39 is 0 Å². The van der Waals surface area contributed by atoms with Crippen LogP contribution in [0.3, 0.4) is 0 Å². The number of halogens is 1. The fourth-order valence-electron chi connectivity index (χ4n) is 2.34. The fraction of sp³-hybridized carbons (Fsp3) is 0.167. The number of amides is 1. The molecule has 2 heterocycles. The fourth-order valence-corrected chi connectivity index (χ4v) is 2.54. The standard InChI is InChI=1S/C18H16ClN3O3/c1-12-5-4-8-22-17(24)9-16(21-18(12)22)25-11-15(23)20-10-13-6-2-3-7-14(13)19/h2-9H,10-11H2,1H3,(H,20,23). The molecule has 3 rings (SSSR count). The summed E-state index contributed by atoms with van der Waals surface area (Å²) in [5.41, 5.74) is 1.89. The second-order valence-corrected chi connectivity index (χ2v) is 5.88. The first-order valence-corrected chi connectivity index (χ1v) is 8.04. The Labute approximate surface area is 149 Å². The van der Waals surface area contributed by atoms with Gasteiger partial charge in [0.25, 0.3) is 11.5 Å². The number of hydrogen-bond donors (Lipinski definition) is 1. The van der Waals surface area contributed by atoms with Crippen molar-refractivity contribution in [3.63, 3.8) is 0 Å². The van der Waals surface area contributed by atoms with Gasteiger partial charge in [-0.25, -0.2) is 0 Å². The predicted molar refractivity (Wildman–Crippen MR) is 95.0 cm³/mol. The third-order valence-electron chi connectivity index (χ3n) is 3.65. The lowest BCUT2D eigenvalue weighted by Crippen LogP contribution is -2.29. The number of ether oxygens (including phenoxy) is 1. The maximum atomic E-state index is 12.1. The van der Waals surface area contributed by atoms with Crippen LogP contribution in [-0.2, 0) is 11.3 Å². The van der Waals surface area contributed by atoms with Crippen molar-refractivity contribution in [3.8, 4) is 5.88 Å². The van der Waals surface area contributed by atoms with Crippen LogP contribution < -0.4 is 15.6 Å². The Kier molecular flexibility index (Phi) is 5.00. The van der Waals surface area contributed by atoms with Crippen LogP contribution in [-0.4, -0.2) is 21.9 Å². The van der Waals surface area contributed by atoms with E-state index in [1.807, 2.05) is 31.2 Å². The number of benzene rings is 1. The monoisotopic (exact) mass is 357 g/mol. The van der Waals surface area contributed by atoms with E-state index in [2.05, 4.69) is 10.3 Å². The van der Waals surface area contributed by atoms with Crippen molar-refractivity contribution >= 4 is 23.2 Å². The summed E-state index contributed by atoms with van der Waals surface area (Å²) in [5, 5.41) is 3.30. The number of aromatic nitrogens is 2. The van der Waals surface area contributed by atoms with Gasteiger partial charge in [0.15, 0.2) is 6.61 Å². The van der Waals surface area contributed by atoms with E-state index in [-0.39, 0.29) is 24.0 Å². The van der Waals surface area contributed by atoms with Gasteiger partial charge in [-0.2, -0.15) is 4.98 Å². The Morgan fingerprint density at radius 3 is 2.88 bits per heavy atom. The topological polar surface area (TPSA) is 72.7 Å². The predicted octanol–water partition coefficient (Wildman–Crippen LogP) is 2.35. The molecule has 0 fully saturated rings. The minimum atomic E-state index is -0.327. The number of carbonyl (C=O) groups is 1. The summed E-state index contributed by atoms with van der Waals surface area (Å²) in [6.07, 6.45) is 1.64. The lowest BCUT2D eigenvalue weighted by molar-refractivity contribution is -0.123. The molecule has 0 aliphatic heterocycles. The van der Waals surface area contributed by atoms with Crippen LogP contribution >= 0.6 is 11.6 Å². The molecule has 0 bridgehead atoms. The maximum Gasteiger partial charge on any atom is 0.261 e. The van der Waals surface area contributed by atoms with Crippen molar-refractivity contribution in [2.24, 2.45) is 0 Å². The minimum absolute atomic E-state index is 0.118. The number of hydrogen-bond acceptors (Lipinski definition) is 4. The number of rotatable bonds is 5. The molecule has 0 radical (unpaired) electrons. The Morgan fingerprint density at radius 2 is 2.08 bits per heavy atom. The number of carbonyl (C=O) groups excluding carboxylic acids is 1. The molecule has 0 unspecified atom stereocenters. The highest BCUT2D eigenvalue weighted by molar-refractivity contribution is 6.31. The summed E-state index contributed by atoms with van der Waals surface area (Å²) in [6, 6.07) is 12.1. The molecule has 0 aliphatic carbocycles. The van der Waals surface area contributed by atoms with E-state index in [4.69, 9.17) is 16.3 Å². The van der Waals surface area contributed by atoms with Crippen LogP contribution in [0.5, 0.6) is 5.88 Å². The van der Waals surface area contributed by atoms with Gasteiger partial charge in [-0.3, -0.25) is 14.0 Å². The zero-order chi connectivity index (χ0) is 17.8. The van der Waals surface area contributed by atoms with Crippen molar-refractivity contribution in [1.82, 2.24) is 14.7 Å². The van der Waals surface area contributed by atoms with Crippen LogP contribution in [0.15, 0.2) is 53.5 Å². The molecule has 1 aromatic carbocycles. The molecular weight excluding hydrogens is 342 g/mol. The third-order valence-corrected chi connectivity index (χ3v) is 4.02. The molecule has 128 valence electrons. The van der Waals surface area contributed by atoms with Gasteiger partial charge in [-0.1, -0.05) is 35.9 Å². The molecule has 6 nitrogen and oxygen atoms in total. The van der Waals surface area contributed by atoms with Crippen molar-refractivity contribution in [2.75, 3.05) is 6.61 Å². The molecule has 2 aromatic heterocycles. The summed E-state index contributed by atoms with van der Waals surface area (Å²) >= 11 is 6.04. The van der Waals surface area contributed by atoms with E-state index in [0.717, 1.165) is 11.1 Å². The molecule has 3 aromatic rings. The molecule has 1 N–H and O–H groups in total. The Bertz CT molecular complexity index is 985. The first kappa shape index (κ1) is 17.0. The van der Waals surface area contributed by atoms with Gasteiger partial charge >= 0.3 is 0 Å². The molecule has 0 saturated heterocycles. The molecule has 25 heavy (non-hydrogen) atoms. The number of aryl methyl sites for hydroxylation is 1. The molecule has 1 amide bonds. The Hall–Kier alpha value is -2.86. The number of pyridine rings is 1. The van der Waals surface area contributed by atoms with Crippen LogP contribution in [0, 0.1) is 6.92 Å². The van der Waals surface area contributed by atoms with E-state index in [9.17, 15) is 9.59 Å². The highest BCUT2D eigenvalue weighted by Gasteiger charge is 2.08. The van der Waals surface area contributed by atoms with Crippen LogP contribution in [0.4, 0.5) is 0 Å². The normalized spacial score (nSPS) is 10.6. The average molecular weight is 358 g/mol. The highest BCUT2D eigenvalue weighted by atomic mass is 35.5. The summed E-state index contributed by atoms with van der Waals surface area (Å²) in [5.74, 6) is -0.209. The lowest BCUT2D eigenvalue weighted by atomic mass is 10.2. The summed E-state index contributed by atoms with van der Waals surface area (Å²) in [4.78, 5) is 28.3. The van der Waals surface area contributed by atoms with Gasteiger partial charge in [-0.15, -0.1) is 0 Å².